The summed E-state index contributed by atoms with van der Waals surface area (Å²) in [5.41, 5.74) is 4.16. The van der Waals surface area contributed by atoms with Crippen LogP contribution in [0.15, 0.2) is 67.0 Å². The molecule has 1 aromatic carbocycles. The number of hydrogen-bond donors (Lipinski definition) is 2. The van der Waals surface area contributed by atoms with Gasteiger partial charge in [-0.15, -0.1) is 0 Å². The zero-order valence-corrected chi connectivity index (χ0v) is 16.3. The van der Waals surface area contributed by atoms with Crippen molar-refractivity contribution < 1.29 is 4.79 Å². The molecule has 1 saturated heterocycles. The van der Waals surface area contributed by atoms with Gasteiger partial charge in [-0.3, -0.25) is 9.78 Å². The number of nitrogens with one attached hydrogen (secondary N) is 2. The third-order valence-electron chi connectivity index (χ3n) is 5.04. The van der Waals surface area contributed by atoms with Crippen molar-refractivity contribution in [1.29, 1.82) is 0 Å². The third-order valence-corrected chi connectivity index (χ3v) is 5.04. The second kappa shape index (κ2) is 9.19. The molecule has 0 saturated carbocycles. The van der Waals surface area contributed by atoms with Gasteiger partial charge < -0.3 is 15.5 Å². The van der Waals surface area contributed by atoms with Crippen LogP contribution in [0, 0.1) is 0 Å². The van der Waals surface area contributed by atoms with Crippen molar-refractivity contribution in [3.63, 3.8) is 0 Å². The molecule has 1 amide bonds. The molecule has 0 unspecified atom stereocenters. The maximum absolute atomic E-state index is 12.5. The Balaban J connectivity index is 1.32. The van der Waals surface area contributed by atoms with E-state index in [9.17, 15) is 4.79 Å². The highest BCUT2D eigenvalue weighted by Gasteiger charge is 2.12. The maximum atomic E-state index is 12.5. The molecule has 0 bridgehead atoms. The van der Waals surface area contributed by atoms with Crippen LogP contribution in [0.3, 0.4) is 0 Å². The van der Waals surface area contributed by atoms with Crippen LogP contribution in [-0.2, 0) is 6.54 Å². The Labute approximate surface area is 171 Å². The van der Waals surface area contributed by atoms with Crippen LogP contribution in [0.5, 0.6) is 0 Å². The van der Waals surface area contributed by atoms with E-state index in [0.717, 1.165) is 30.2 Å². The average Bonchev–Trinajstić information content (AvgIpc) is 2.80. The number of amides is 1. The molecule has 0 aliphatic carbocycles. The second-order valence-corrected chi connectivity index (χ2v) is 7.16. The fraction of sp³-hybridized carbons (Fsp3) is 0.261. The van der Waals surface area contributed by atoms with Crippen molar-refractivity contribution in [3.05, 3.63) is 78.4 Å². The van der Waals surface area contributed by atoms with Crippen molar-refractivity contribution in [1.82, 2.24) is 9.97 Å². The van der Waals surface area contributed by atoms with Crippen molar-refractivity contribution in [2.45, 2.75) is 25.8 Å². The number of hydrogen-bond acceptors (Lipinski definition) is 5. The van der Waals surface area contributed by atoms with E-state index in [1.165, 1.54) is 24.9 Å². The van der Waals surface area contributed by atoms with Gasteiger partial charge in [-0.1, -0.05) is 6.07 Å². The predicted octanol–water partition coefficient (Wildman–Crippen LogP) is 4.33. The van der Waals surface area contributed by atoms with Crippen LogP contribution >= 0.6 is 0 Å². The first-order chi connectivity index (χ1) is 14.3. The van der Waals surface area contributed by atoms with E-state index >= 15 is 0 Å². The lowest BCUT2D eigenvalue weighted by atomic mass is 10.1. The number of piperidine rings is 1. The summed E-state index contributed by atoms with van der Waals surface area (Å²) in [4.78, 5) is 23.4. The van der Waals surface area contributed by atoms with E-state index in [0.29, 0.717) is 12.2 Å². The fourth-order valence-corrected chi connectivity index (χ4v) is 3.43. The van der Waals surface area contributed by atoms with E-state index in [1.807, 2.05) is 36.4 Å². The second-order valence-electron chi connectivity index (χ2n) is 7.16. The zero-order chi connectivity index (χ0) is 19.9. The number of aromatic nitrogens is 2. The summed E-state index contributed by atoms with van der Waals surface area (Å²) in [5, 5.41) is 6.17. The molecule has 29 heavy (non-hydrogen) atoms. The van der Waals surface area contributed by atoms with Crippen LogP contribution < -0.4 is 15.5 Å². The Morgan fingerprint density at radius 3 is 2.38 bits per heavy atom. The standard InChI is InChI=1S/C23H25N5O/c29-23(27-18-7-10-21(11-8-18)28-14-4-1-5-15-28)22-12-9-20(17-26-22)25-16-19-6-2-3-13-24-19/h2-3,6-13,17,25H,1,4-5,14-16H2,(H,27,29). The lowest BCUT2D eigenvalue weighted by Gasteiger charge is -2.28. The Hall–Kier alpha value is -3.41. The minimum atomic E-state index is -0.216. The lowest BCUT2D eigenvalue weighted by molar-refractivity contribution is 0.102. The normalized spacial score (nSPS) is 13.7. The van der Waals surface area contributed by atoms with Gasteiger partial charge in [0.2, 0.25) is 0 Å². The molecule has 4 rings (SSSR count). The number of anilines is 3. The number of pyridine rings is 2. The Morgan fingerprint density at radius 1 is 0.897 bits per heavy atom. The van der Waals surface area contributed by atoms with Crippen LogP contribution in [0.2, 0.25) is 0 Å². The maximum Gasteiger partial charge on any atom is 0.274 e. The van der Waals surface area contributed by atoms with E-state index in [2.05, 4.69) is 37.6 Å². The number of nitrogens with zero attached hydrogens (tertiary/aromatic N) is 3. The highest BCUT2D eigenvalue weighted by molar-refractivity contribution is 6.03. The Kier molecular flexibility index (Phi) is 6.00. The molecule has 0 radical (unpaired) electrons. The van der Waals surface area contributed by atoms with Gasteiger partial charge in [0.25, 0.3) is 5.91 Å². The Bertz CT molecular complexity index is 920. The van der Waals surface area contributed by atoms with Gasteiger partial charge in [-0.2, -0.15) is 0 Å². The van der Waals surface area contributed by atoms with E-state index in [4.69, 9.17) is 0 Å². The van der Waals surface area contributed by atoms with Crippen molar-refractivity contribution >= 4 is 23.0 Å². The summed E-state index contributed by atoms with van der Waals surface area (Å²) >= 11 is 0. The van der Waals surface area contributed by atoms with E-state index < -0.39 is 0 Å². The molecule has 1 aliphatic heterocycles. The first kappa shape index (κ1) is 18.9. The summed E-state index contributed by atoms with van der Waals surface area (Å²) < 4.78 is 0. The topological polar surface area (TPSA) is 70.2 Å². The summed E-state index contributed by atoms with van der Waals surface area (Å²) in [6.45, 7) is 2.82. The number of benzene rings is 1. The number of rotatable bonds is 6. The van der Waals surface area contributed by atoms with Gasteiger partial charge in [0.1, 0.15) is 5.69 Å². The van der Waals surface area contributed by atoms with Crippen LogP contribution in [0.1, 0.15) is 35.4 Å². The summed E-state index contributed by atoms with van der Waals surface area (Å²) in [6.07, 6.45) is 7.24. The molecule has 148 valence electrons. The van der Waals surface area contributed by atoms with Gasteiger partial charge in [-0.25, -0.2) is 4.98 Å². The highest BCUT2D eigenvalue weighted by atomic mass is 16.1. The first-order valence-electron chi connectivity index (χ1n) is 10.0. The molecule has 1 fully saturated rings. The minimum absolute atomic E-state index is 0.216. The molecule has 3 heterocycles. The quantitative estimate of drug-likeness (QED) is 0.659. The van der Waals surface area contributed by atoms with Gasteiger partial charge >= 0.3 is 0 Å². The van der Waals surface area contributed by atoms with Crippen molar-refractivity contribution in [2.24, 2.45) is 0 Å². The average molecular weight is 387 g/mol. The monoisotopic (exact) mass is 387 g/mol. The zero-order valence-electron chi connectivity index (χ0n) is 16.3. The molecule has 2 aromatic heterocycles. The molecule has 1 aliphatic rings. The SMILES string of the molecule is O=C(Nc1ccc(N2CCCCC2)cc1)c1ccc(NCc2ccccn2)cn1. The van der Waals surface area contributed by atoms with E-state index in [-0.39, 0.29) is 5.91 Å². The van der Waals surface area contributed by atoms with Gasteiger partial charge in [0.05, 0.1) is 24.1 Å². The van der Waals surface area contributed by atoms with Crippen molar-refractivity contribution in [3.8, 4) is 0 Å². The van der Waals surface area contributed by atoms with E-state index in [1.54, 1.807) is 18.5 Å². The predicted molar refractivity (Wildman–Crippen MR) is 116 cm³/mol. The largest absolute Gasteiger partial charge is 0.378 e. The molecule has 6 heteroatoms. The van der Waals surface area contributed by atoms with Crippen LogP contribution in [0.25, 0.3) is 0 Å². The summed E-state index contributed by atoms with van der Waals surface area (Å²) in [5.74, 6) is -0.216. The lowest BCUT2D eigenvalue weighted by Crippen LogP contribution is -2.29. The van der Waals surface area contributed by atoms with Crippen LogP contribution in [0.4, 0.5) is 17.1 Å². The molecular weight excluding hydrogens is 362 g/mol. The summed E-state index contributed by atoms with van der Waals surface area (Å²) in [7, 11) is 0. The van der Waals surface area contributed by atoms with Gasteiger partial charge in [-0.05, 0) is 67.8 Å². The number of carbonyl (C=O) groups excluding carboxylic acids is 1. The molecule has 0 spiro atoms. The molecule has 3 aromatic rings. The fourth-order valence-electron chi connectivity index (χ4n) is 3.43. The smallest absolute Gasteiger partial charge is 0.274 e. The molecular formula is C23H25N5O. The minimum Gasteiger partial charge on any atom is -0.378 e. The number of carbonyl (C=O) groups is 1. The van der Waals surface area contributed by atoms with Crippen LogP contribution in [-0.4, -0.2) is 29.0 Å². The highest BCUT2D eigenvalue weighted by Crippen LogP contribution is 2.22. The van der Waals surface area contributed by atoms with Gasteiger partial charge in [0.15, 0.2) is 0 Å². The molecule has 6 nitrogen and oxygen atoms in total. The third kappa shape index (κ3) is 5.10. The van der Waals surface area contributed by atoms with Gasteiger partial charge in [0, 0.05) is 30.7 Å². The first-order valence-corrected chi connectivity index (χ1v) is 10.0. The Morgan fingerprint density at radius 2 is 1.69 bits per heavy atom. The molecule has 2 N–H and O–H groups in total. The summed E-state index contributed by atoms with van der Waals surface area (Å²) in [6, 6.07) is 17.4. The van der Waals surface area contributed by atoms with Crippen molar-refractivity contribution in [2.75, 3.05) is 28.6 Å². The molecule has 0 atom stereocenters.